The molecule has 2 rings (SSSR count). The van der Waals surface area contributed by atoms with E-state index >= 15 is 0 Å². The Labute approximate surface area is 115 Å². The predicted molar refractivity (Wildman–Crippen MR) is 74.1 cm³/mol. The van der Waals surface area contributed by atoms with Crippen molar-refractivity contribution in [2.24, 2.45) is 11.8 Å². The van der Waals surface area contributed by atoms with Crippen molar-refractivity contribution < 1.29 is 13.5 Å². The summed E-state index contributed by atoms with van der Waals surface area (Å²) in [6, 6.07) is 6.46. The van der Waals surface area contributed by atoms with Gasteiger partial charge in [0, 0.05) is 13.1 Å². The van der Waals surface area contributed by atoms with Gasteiger partial charge in [0.1, 0.15) is 0 Å². The second-order valence-electron chi connectivity index (χ2n) is 5.41. The first-order valence-electron chi connectivity index (χ1n) is 6.65. The molecule has 1 aromatic rings. The Morgan fingerprint density at radius 2 is 1.84 bits per heavy atom. The molecule has 2 atom stereocenters. The standard InChI is InChI=1S/C14H21NO3S/c1-11-7-8-15(9-12(11)2)19(17,18)14-5-3-13(10-16)4-6-14/h3-6,11-12,16H,7-10H2,1-2H3. The topological polar surface area (TPSA) is 57.6 Å². The van der Waals surface area contributed by atoms with Crippen molar-refractivity contribution in [1.82, 2.24) is 4.31 Å². The van der Waals surface area contributed by atoms with E-state index in [-0.39, 0.29) is 6.61 Å². The van der Waals surface area contributed by atoms with Crippen LogP contribution in [-0.4, -0.2) is 30.9 Å². The van der Waals surface area contributed by atoms with Crippen LogP contribution in [0.5, 0.6) is 0 Å². The summed E-state index contributed by atoms with van der Waals surface area (Å²) in [5.41, 5.74) is 0.722. The van der Waals surface area contributed by atoms with Crippen molar-refractivity contribution in [3.8, 4) is 0 Å². The highest BCUT2D eigenvalue weighted by Gasteiger charge is 2.31. The smallest absolute Gasteiger partial charge is 0.243 e. The van der Waals surface area contributed by atoms with E-state index in [4.69, 9.17) is 5.11 Å². The lowest BCUT2D eigenvalue weighted by atomic mass is 9.90. The molecule has 2 unspecified atom stereocenters. The number of aliphatic hydroxyl groups excluding tert-OH is 1. The van der Waals surface area contributed by atoms with Crippen molar-refractivity contribution in [3.63, 3.8) is 0 Å². The molecule has 0 radical (unpaired) electrons. The molecule has 1 aliphatic rings. The molecule has 19 heavy (non-hydrogen) atoms. The second-order valence-corrected chi connectivity index (χ2v) is 7.35. The van der Waals surface area contributed by atoms with Crippen LogP contribution < -0.4 is 0 Å². The molecule has 1 N–H and O–H groups in total. The Kier molecular flexibility index (Phi) is 4.28. The first kappa shape index (κ1) is 14.5. The van der Waals surface area contributed by atoms with Gasteiger partial charge in [-0.1, -0.05) is 26.0 Å². The number of nitrogens with zero attached hydrogens (tertiary/aromatic N) is 1. The predicted octanol–water partition coefficient (Wildman–Crippen LogP) is 1.85. The van der Waals surface area contributed by atoms with E-state index in [2.05, 4.69) is 13.8 Å². The third kappa shape index (κ3) is 2.99. The number of benzene rings is 1. The summed E-state index contributed by atoms with van der Waals surface area (Å²) in [6.45, 7) is 5.38. The Balaban J connectivity index is 2.21. The third-order valence-corrected chi connectivity index (χ3v) is 5.92. The molecule has 0 aromatic heterocycles. The van der Waals surface area contributed by atoms with Crippen LogP contribution in [0.4, 0.5) is 0 Å². The third-order valence-electron chi connectivity index (χ3n) is 4.04. The van der Waals surface area contributed by atoms with E-state index < -0.39 is 10.0 Å². The van der Waals surface area contributed by atoms with Gasteiger partial charge >= 0.3 is 0 Å². The van der Waals surface area contributed by atoms with Gasteiger partial charge < -0.3 is 5.11 Å². The SMILES string of the molecule is CC1CCN(S(=O)(=O)c2ccc(CO)cc2)CC1C. The van der Waals surface area contributed by atoms with Crippen LogP contribution in [0.25, 0.3) is 0 Å². The van der Waals surface area contributed by atoms with E-state index in [1.54, 1.807) is 28.6 Å². The fourth-order valence-electron chi connectivity index (χ4n) is 2.36. The van der Waals surface area contributed by atoms with Crippen LogP contribution in [0.15, 0.2) is 29.2 Å². The zero-order valence-electron chi connectivity index (χ0n) is 11.4. The van der Waals surface area contributed by atoms with Gasteiger partial charge in [-0.2, -0.15) is 4.31 Å². The second kappa shape index (κ2) is 5.61. The fraction of sp³-hybridized carbons (Fsp3) is 0.571. The first-order chi connectivity index (χ1) is 8.95. The maximum absolute atomic E-state index is 12.5. The summed E-state index contributed by atoms with van der Waals surface area (Å²) in [7, 11) is -3.39. The van der Waals surface area contributed by atoms with Crippen LogP contribution in [0.3, 0.4) is 0 Å². The summed E-state index contributed by atoms with van der Waals surface area (Å²) in [5, 5.41) is 8.98. The molecule has 0 saturated carbocycles. The molecule has 1 aromatic carbocycles. The molecule has 1 aliphatic heterocycles. The van der Waals surface area contributed by atoms with Crippen LogP contribution in [0.1, 0.15) is 25.8 Å². The lowest BCUT2D eigenvalue weighted by Crippen LogP contribution is -2.42. The normalized spacial score (nSPS) is 25.4. The monoisotopic (exact) mass is 283 g/mol. The fourth-order valence-corrected chi connectivity index (χ4v) is 3.91. The van der Waals surface area contributed by atoms with Gasteiger partial charge in [-0.25, -0.2) is 8.42 Å². The maximum Gasteiger partial charge on any atom is 0.243 e. The minimum Gasteiger partial charge on any atom is -0.392 e. The number of rotatable bonds is 3. The summed E-state index contributed by atoms with van der Waals surface area (Å²) in [4.78, 5) is 0.312. The average molecular weight is 283 g/mol. The molecule has 5 heteroatoms. The molecule has 0 aliphatic carbocycles. The molecule has 0 amide bonds. The van der Waals surface area contributed by atoms with Gasteiger partial charge in [0.25, 0.3) is 0 Å². The Morgan fingerprint density at radius 1 is 1.21 bits per heavy atom. The van der Waals surface area contributed by atoms with Gasteiger partial charge in [-0.05, 0) is 36.0 Å². The van der Waals surface area contributed by atoms with Gasteiger partial charge in [-0.3, -0.25) is 0 Å². The van der Waals surface area contributed by atoms with Crippen molar-refractivity contribution in [2.45, 2.75) is 31.8 Å². The van der Waals surface area contributed by atoms with Crippen LogP contribution in [-0.2, 0) is 16.6 Å². The molecular weight excluding hydrogens is 262 g/mol. The number of piperidine rings is 1. The Hall–Kier alpha value is -0.910. The van der Waals surface area contributed by atoms with Crippen LogP contribution >= 0.6 is 0 Å². The van der Waals surface area contributed by atoms with Crippen molar-refractivity contribution in [2.75, 3.05) is 13.1 Å². The van der Waals surface area contributed by atoms with E-state index in [0.29, 0.717) is 29.8 Å². The molecule has 1 heterocycles. The van der Waals surface area contributed by atoms with E-state index in [9.17, 15) is 8.42 Å². The lowest BCUT2D eigenvalue weighted by Gasteiger charge is -2.34. The minimum absolute atomic E-state index is 0.0708. The quantitative estimate of drug-likeness (QED) is 0.921. The minimum atomic E-state index is -3.39. The molecular formula is C14H21NO3S. The molecule has 4 nitrogen and oxygen atoms in total. The number of hydrogen-bond acceptors (Lipinski definition) is 3. The zero-order chi connectivity index (χ0) is 14.0. The van der Waals surface area contributed by atoms with Gasteiger partial charge in [-0.15, -0.1) is 0 Å². The van der Waals surface area contributed by atoms with Crippen molar-refractivity contribution in [1.29, 1.82) is 0 Å². The highest BCUT2D eigenvalue weighted by Crippen LogP contribution is 2.27. The number of aliphatic hydroxyl groups is 1. The molecule has 0 bridgehead atoms. The first-order valence-corrected chi connectivity index (χ1v) is 8.09. The Bertz CT molecular complexity index is 524. The number of sulfonamides is 1. The summed E-state index contributed by atoms with van der Waals surface area (Å²) in [6.07, 6.45) is 0.912. The number of hydrogen-bond donors (Lipinski definition) is 1. The van der Waals surface area contributed by atoms with Gasteiger partial charge in [0.05, 0.1) is 11.5 Å². The largest absolute Gasteiger partial charge is 0.392 e. The highest BCUT2D eigenvalue weighted by atomic mass is 32.2. The zero-order valence-corrected chi connectivity index (χ0v) is 12.2. The van der Waals surface area contributed by atoms with Crippen molar-refractivity contribution in [3.05, 3.63) is 29.8 Å². The van der Waals surface area contributed by atoms with Crippen molar-refractivity contribution >= 4 is 10.0 Å². The van der Waals surface area contributed by atoms with Crippen LogP contribution in [0, 0.1) is 11.8 Å². The molecule has 1 fully saturated rings. The maximum atomic E-state index is 12.5. The molecule has 106 valence electrons. The van der Waals surface area contributed by atoms with E-state index in [1.165, 1.54) is 0 Å². The van der Waals surface area contributed by atoms with Gasteiger partial charge in [0.2, 0.25) is 10.0 Å². The average Bonchev–Trinajstić information content (AvgIpc) is 2.41. The lowest BCUT2D eigenvalue weighted by molar-refractivity contribution is 0.212. The highest BCUT2D eigenvalue weighted by molar-refractivity contribution is 7.89. The summed E-state index contributed by atoms with van der Waals surface area (Å²) >= 11 is 0. The summed E-state index contributed by atoms with van der Waals surface area (Å²) in [5.74, 6) is 0.962. The summed E-state index contributed by atoms with van der Waals surface area (Å²) < 4.78 is 26.6. The van der Waals surface area contributed by atoms with E-state index in [0.717, 1.165) is 12.0 Å². The molecule has 0 spiro atoms. The molecule has 1 saturated heterocycles. The van der Waals surface area contributed by atoms with Gasteiger partial charge in [0.15, 0.2) is 0 Å². The Morgan fingerprint density at radius 3 is 2.37 bits per heavy atom. The van der Waals surface area contributed by atoms with Crippen LogP contribution in [0.2, 0.25) is 0 Å². The van der Waals surface area contributed by atoms with E-state index in [1.807, 2.05) is 0 Å².